The van der Waals surface area contributed by atoms with Gasteiger partial charge in [0.2, 0.25) is 0 Å². The predicted molar refractivity (Wildman–Crippen MR) is 98.4 cm³/mol. The fraction of sp³-hybridized carbons (Fsp3) is 0.727. The Hall–Kier alpha value is -0.780. The molecular formula is C22H36. The first-order chi connectivity index (χ1) is 10.1. The minimum atomic E-state index is 0.262. The number of hydrogen-bond donors (Lipinski definition) is 0. The Morgan fingerprint density at radius 1 is 0.818 bits per heavy atom. The fourth-order valence-electron chi connectivity index (χ4n) is 4.05. The van der Waals surface area contributed by atoms with Crippen LogP contribution in [0.1, 0.15) is 84.8 Å². The van der Waals surface area contributed by atoms with Gasteiger partial charge in [0.1, 0.15) is 0 Å². The SMILES string of the molecule is CC(C)(C)C[C@H]1CCCC[C@H]1Cc1ccc(C(C)(C)C)cc1. The molecule has 0 unspecified atom stereocenters. The van der Waals surface area contributed by atoms with Crippen LogP contribution in [0.15, 0.2) is 24.3 Å². The van der Waals surface area contributed by atoms with Crippen LogP contribution in [0.3, 0.4) is 0 Å². The molecule has 2 atom stereocenters. The third-order valence-electron chi connectivity index (χ3n) is 5.26. The van der Waals surface area contributed by atoms with E-state index in [0.717, 1.165) is 11.8 Å². The molecule has 22 heavy (non-hydrogen) atoms. The predicted octanol–water partition coefficient (Wildman–Crippen LogP) is 6.77. The molecule has 0 aliphatic heterocycles. The molecule has 1 aromatic carbocycles. The minimum absolute atomic E-state index is 0.262. The van der Waals surface area contributed by atoms with Gasteiger partial charge in [-0.05, 0) is 53.1 Å². The number of hydrogen-bond acceptors (Lipinski definition) is 0. The molecule has 1 fully saturated rings. The summed E-state index contributed by atoms with van der Waals surface area (Å²) in [4.78, 5) is 0. The van der Waals surface area contributed by atoms with Crippen LogP contribution in [0.2, 0.25) is 0 Å². The lowest BCUT2D eigenvalue weighted by molar-refractivity contribution is 0.167. The summed E-state index contributed by atoms with van der Waals surface area (Å²) in [6.07, 6.45) is 8.43. The van der Waals surface area contributed by atoms with E-state index >= 15 is 0 Å². The molecule has 0 saturated heterocycles. The summed E-state index contributed by atoms with van der Waals surface area (Å²) >= 11 is 0. The van der Waals surface area contributed by atoms with Crippen molar-refractivity contribution in [3.8, 4) is 0 Å². The van der Waals surface area contributed by atoms with E-state index in [9.17, 15) is 0 Å². The maximum absolute atomic E-state index is 2.40. The van der Waals surface area contributed by atoms with Gasteiger partial charge in [0, 0.05) is 0 Å². The van der Waals surface area contributed by atoms with Crippen LogP contribution in [0.5, 0.6) is 0 Å². The zero-order valence-corrected chi connectivity index (χ0v) is 15.7. The lowest BCUT2D eigenvalue weighted by atomic mass is 9.70. The molecule has 1 aromatic rings. The van der Waals surface area contributed by atoms with Gasteiger partial charge in [0.15, 0.2) is 0 Å². The van der Waals surface area contributed by atoms with Crippen molar-refractivity contribution in [2.45, 2.75) is 85.5 Å². The quantitative estimate of drug-likeness (QED) is 0.578. The molecule has 1 saturated carbocycles. The minimum Gasteiger partial charge on any atom is -0.0602 e. The normalized spacial score (nSPS) is 23.5. The zero-order valence-electron chi connectivity index (χ0n) is 15.7. The average Bonchev–Trinajstić information content (AvgIpc) is 2.39. The smallest absolute Gasteiger partial charge is 0.0132 e. The standard InChI is InChI=1S/C22H36/c1-21(2,3)16-19-10-8-7-9-18(19)15-17-11-13-20(14-12-17)22(4,5)6/h11-14,18-19H,7-10,15-16H2,1-6H3/t18-,19+/m0/s1. The van der Waals surface area contributed by atoms with Gasteiger partial charge < -0.3 is 0 Å². The molecule has 2 rings (SSSR count). The summed E-state index contributed by atoms with van der Waals surface area (Å²) in [7, 11) is 0. The molecule has 0 nitrogen and oxygen atoms in total. The molecule has 1 aliphatic carbocycles. The van der Waals surface area contributed by atoms with Gasteiger partial charge in [-0.3, -0.25) is 0 Å². The molecular weight excluding hydrogens is 264 g/mol. The van der Waals surface area contributed by atoms with E-state index in [2.05, 4.69) is 65.8 Å². The third-order valence-corrected chi connectivity index (χ3v) is 5.26. The van der Waals surface area contributed by atoms with Gasteiger partial charge in [-0.2, -0.15) is 0 Å². The van der Waals surface area contributed by atoms with Gasteiger partial charge >= 0.3 is 0 Å². The highest BCUT2D eigenvalue weighted by Gasteiger charge is 2.28. The lowest BCUT2D eigenvalue weighted by Gasteiger charge is -2.36. The number of rotatable bonds is 3. The second-order valence-electron chi connectivity index (χ2n) is 9.72. The lowest BCUT2D eigenvalue weighted by Crippen LogP contribution is -2.26. The average molecular weight is 301 g/mol. The Kier molecular flexibility index (Phi) is 5.41. The Balaban J connectivity index is 2.04. The van der Waals surface area contributed by atoms with Gasteiger partial charge in [-0.15, -0.1) is 0 Å². The summed E-state index contributed by atoms with van der Waals surface area (Å²) in [5, 5.41) is 0. The van der Waals surface area contributed by atoms with Crippen molar-refractivity contribution in [3.63, 3.8) is 0 Å². The number of benzene rings is 1. The highest BCUT2D eigenvalue weighted by atomic mass is 14.3. The van der Waals surface area contributed by atoms with E-state index in [1.807, 2.05) is 0 Å². The first-order valence-corrected chi connectivity index (χ1v) is 9.24. The molecule has 124 valence electrons. The molecule has 0 aromatic heterocycles. The maximum atomic E-state index is 2.40. The monoisotopic (exact) mass is 300 g/mol. The molecule has 0 amide bonds. The zero-order chi connectivity index (χ0) is 16.4. The van der Waals surface area contributed by atoms with Crippen molar-refractivity contribution in [2.75, 3.05) is 0 Å². The maximum Gasteiger partial charge on any atom is -0.0132 e. The van der Waals surface area contributed by atoms with Crippen molar-refractivity contribution in [1.29, 1.82) is 0 Å². The summed E-state index contributed by atoms with van der Waals surface area (Å²) in [6.45, 7) is 14.1. The van der Waals surface area contributed by atoms with E-state index < -0.39 is 0 Å². The topological polar surface area (TPSA) is 0 Å². The second-order valence-corrected chi connectivity index (χ2v) is 9.72. The van der Waals surface area contributed by atoms with Crippen LogP contribution in [0, 0.1) is 17.3 Å². The Bertz CT molecular complexity index is 452. The van der Waals surface area contributed by atoms with Crippen molar-refractivity contribution >= 4 is 0 Å². The highest BCUT2D eigenvalue weighted by molar-refractivity contribution is 5.27. The van der Waals surface area contributed by atoms with E-state index in [1.165, 1.54) is 44.1 Å². The molecule has 0 spiro atoms. The van der Waals surface area contributed by atoms with E-state index in [0.29, 0.717) is 5.41 Å². The van der Waals surface area contributed by atoms with Gasteiger partial charge in [-0.1, -0.05) is 85.1 Å². The van der Waals surface area contributed by atoms with Gasteiger partial charge in [-0.25, -0.2) is 0 Å². The van der Waals surface area contributed by atoms with Crippen LogP contribution in [0.25, 0.3) is 0 Å². The van der Waals surface area contributed by atoms with Gasteiger partial charge in [0.25, 0.3) is 0 Å². The summed E-state index contributed by atoms with van der Waals surface area (Å²) in [5.74, 6) is 1.82. The van der Waals surface area contributed by atoms with Crippen molar-refractivity contribution in [1.82, 2.24) is 0 Å². The second kappa shape index (κ2) is 6.77. The Labute approximate surface area is 138 Å². The molecule has 0 heterocycles. The fourth-order valence-corrected chi connectivity index (χ4v) is 4.05. The van der Waals surface area contributed by atoms with Crippen LogP contribution in [-0.2, 0) is 11.8 Å². The molecule has 0 radical (unpaired) electrons. The van der Waals surface area contributed by atoms with Crippen LogP contribution >= 0.6 is 0 Å². The largest absolute Gasteiger partial charge is 0.0602 e. The third kappa shape index (κ3) is 5.14. The molecule has 0 N–H and O–H groups in total. The molecule has 0 heteroatoms. The Morgan fingerprint density at radius 3 is 1.86 bits per heavy atom. The van der Waals surface area contributed by atoms with E-state index in [1.54, 1.807) is 5.56 Å². The van der Waals surface area contributed by atoms with Crippen LogP contribution in [0.4, 0.5) is 0 Å². The van der Waals surface area contributed by atoms with E-state index in [-0.39, 0.29) is 5.41 Å². The Morgan fingerprint density at radius 2 is 1.36 bits per heavy atom. The van der Waals surface area contributed by atoms with Crippen LogP contribution in [-0.4, -0.2) is 0 Å². The first-order valence-electron chi connectivity index (χ1n) is 9.24. The van der Waals surface area contributed by atoms with Crippen molar-refractivity contribution < 1.29 is 0 Å². The summed E-state index contributed by atoms with van der Waals surface area (Å²) in [6, 6.07) is 9.44. The summed E-state index contributed by atoms with van der Waals surface area (Å²) in [5.41, 5.74) is 3.72. The highest BCUT2D eigenvalue weighted by Crippen LogP contribution is 2.39. The van der Waals surface area contributed by atoms with Gasteiger partial charge in [0.05, 0.1) is 0 Å². The van der Waals surface area contributed by atoms with Crippen molar-refractivity contribution in [3.05, 3.63) is 35.4 Å². The molecule has 1 aliphatic rings. The van der Waals surface area contributed by atoms with E-state index in [4.69, 9.17) is 0 Å². The van der Waals surface area contributed by atoms with Crippen LogP contribution < -0.4 is 0 Å². The summed E-state index contributed by atoms with van der Waals surface area (Å²) < 4.78 is 0. The van der Waals surface area contributed by atoms with Crippen molar-refractivity contribution in [2.24, 2.45) is 17.3 Å². The first kappa shape index (κ1) is 17.6. The molecule has 0 bridgehead atoms.